The highest BCUT2D eigenvalue weighted by atomic mass is 16.5. The summed E-state index contributed by atoms with van der Waals surface area (Å²) >= 11 is 0. The summed E-state index contributed by atoms with van der Waals surface area (Å²) in [5, 5.41) is 2.63. The zero-order valence-corrected chi connectivity index (χ0v) is 13.2. The zero-order valence-electron chi connectivity index (χ0n) is 13.2. The number of anilines is 1. The minimum Gasteiger partial charge on any atom is -0.495 e. The lowest BCUT2D eigenvalue weighted by molar-refractivity contribution is -0.146. The first kappa shape index (κ1) is 16.1. The highest BCUT2D eigenvalue weighted by Gasteiger charge is 2.26. The van der Waals surface area contributed by atoms with Crippen LogP contribution in [-0.4, -0.2) is 56.5 Å². The van der Waals surface area contributed by atoms with Crippen LogP contribution in [0.4, 0.5) is 5.69 Å². The summed E-state index contributed by atoms with van der Waals surface area (Å²) in [6, 6.07) is 7.82. The summed E-state index contributed by atoms with van der Waals surface area (Å²) < 4.78 is 5.37. The lowest BCUT2D eigenvalue weighted by atomic mass is 10.2. The molecule has 22 heavy (non-hydrogen) atoms. The Hall–Kier alpha value is -2.24. The van der Waals surface area contributed by atoms with Gasteiger partial charge in [0.1, 0.15) is 5.75 Å². The quantitative estimate of drug-likeness (QED) is 0.839. The first-order valence-corrected chi connectivity index (χ1v) is 7.62. The number of methoxy groups -OCH3 is 1. The van der Waals surface area contributed by atoms with Gasteiger partial charge in [-0.05, 0) is 18.6 Å². The molecule has 1 fully saturated rings. The summed E-state index contributed by atoms with van der Waals surface area (Å²) in [6.07, 6.45) is 0.820. The number of nitrogens with one attached hydrogen (secondary N) is 1. The molecule has 1 aliphatic heterocycles. The molecule has 2 amide bonds. The third-order valence-electron chi connectivity index (χ3n) is 3.72. The van der Waals surface area contributed by atoms with E-state index in [2.05, 4.69) is 10.2 Å². The van der Waals surface area contributed by atoms with E-state index in [1.54, 1.807) is 12.0 Å². The SMILES string of the molecule is CCCNC(=O)C(=O)N1CCN(c2ccccc2OC)CC1. The van der Waals surface area contributed by atoms with Crippen LogP contribution in [0.15, 0.2) is 24.3 Å². The number of amides is 2. The maximum Gasteiger partial charge on any atom is 0.312 e. The van der Waals surface area contributed by atoms with Crippen LogP contribution in [-0.2, 0) is 9.59 Å². The van der Waals surface area contributed by atoms with Crippen molar-refractivity contribution in [2.75, 3.05) is 44.7 Å². The van der Waals surface area contributed by atoms with Gasteiger partial charge in [-0.25, -0.2) is 0 Å². The number of carbonyl (C=O) groups excluding carboxylic acids is 2. The van der Waals surface area contributed by atoms with Crippen molar-refractivity contribution in [3.63, 3.8) is 0 Å². The van der Waals surface area contributed by atoms with E-state index >= 15 is 0 Å². The number of benzene rings is 1. The molecule has 1 heterocycles. The Kier molecular flexibility index (Phi) is 5.63. The molecule has 1 aromatic rings. The molecule has 0 unspecified atom stereocenters. The molecule has 0 atom stereocenters. The van der Waals surface area contributed by atoms with Crippen LogP contribution in [0.5, 0.6) is 5.75 Å². The summed E-state index contributed by atoms with van der Waals surface area (Å²) in [6.45, 7) is 4.94. The molecule has 1 N–H and O–H groups in total. The van der Waals surface area contributed by atoms with Crippen LogP contribution in [0, 0.1) is 0 Å². The number of para-hydroxylation sites is 2. The standard InChI is InChI=1S/C16H23N3O3/c1-3-8-17-15(20)16(21)19-11-9-18(10-12-19)13-6-4-5-7-14(13)22-2/h4-7H,3,8-12H2,1-2H3,(H,17,20). The van der Waals surface area contributed by atoms with E-state index in [4.69, 9.17) is 4.74 Å². The van der Waals surface area contributed by atoms with Crippen molar-refractivity contribution in [2.24, 2.45) is 0 Å². The van der Waals surface area contributed by atoms with E-state index < -0.39 is 11.8 Å². The summed E-state index contributed by atoms with van der Waals surface area (Å²) in [5.41, 5.74) is 1.02. The van der Waals surface area contributed by atoms with Gasteiger partial charge in [0.2, 0.25) is 0 Å². The van der Waals surface area contributed by atoms with Crippen LogP contribution >= 0.6 is 0 Å². The summed E-state index contributed by atoms with van der Waals surface area (Å²) in [5.74, 6) is -0.122. The highest BCUT2D eigenvalue weighted by Crippen LogP contribution is 2.28. The molecular formula is C16H23N3O3. The van der Waals surface area contributed by atoms with Crippen molar-refractivity contribution in [3.05, 3.63) is 24.3 Å². The molecule has 0 radical (unpaired) electrons. The van der Waals surface area contributed by atoms with Crippen molar-refractivity contribution in [3.8, 4) is 5.75 Å². The van der Waals surface area contributed by atoms with E-state index in [1.807, 2.05) is 31.2 Å². The van der Waals surface area contributed by atoms with E-state index in [0.29, 0.717) is 32.7 Å². The zero-order chi connectivity index (χ0) is 15.9. The van der Waals surface area contributed by atoms with Crippen LogP contribution in [0.1, 0.15) is 13.3 Å². The van der Waals surface area contributed by atoms with Gasteiger partial charge in [0.15, 0.2) is 0 Å². The minimum absolute atomic E-state index is 0.437. The van der Waals surface area contributed by atoms with Gasteiger partial charge in [0, 0.05) is 32.7 Å². The normalized spacial score (nSPS) is 14.6. The largest absolute Gasteiger partial charge is 0.495 e. The molecule has 0 saturated carbocycles. The Bertz CT molecular complexity index is 525. The van der Waals surface area contributed by atoms with Gasteiger partial charge in [-0.1, -0.05) is 19.1 Å². The van der Waals surface area contributed by atoms with E-state index in [-0.39, 0.29) is 0 Å². The average molecular weight is 305 g/mol. The Morgan fingerprint density at radius 3 is 2.50 bits per heavy atom. The first-order valence-electron chi connectivity index (χ1n) is 7.62. The Balaban J connectivity index is 1.93. The number of rotatable bonds is 4. The molecule has 1 aromatic carbocycles. The fraction of sp³-hybridized carbons (Fsp3) is 0.500. The van der Waals surface area contributed by atoms with Crippen LogP contribution in [0.3, 0.4) is 0 Å². The molecule has 6 heteroatoms. The fourth-order valence-corrected chi connectivity index (χ4v) is 2.50. The molecular weight excluding hydrogens is 282 g/mol. The number of piperazine rings is 1. The number of hydrogen-bond acceptors (Lipinski definition) is 4. The molecule has 6 nitrogen and oxygen atoms in total. The van der Waals surface area contributed by atoms with Crippen molar-refractivity contribution >= 4 is 17.5 Å². The number of nitrogens with zero attached hydrogens (tertiary/aromatic N) is 2. The monoisotopic (exact) mass is 305 g/mol. The van der Waals surface area contributed by atoms with Gasteiger partial charge in [0.05, 0.1) is 12.8 Å². The predicted octanol–water partition coefficient (Wildman–Crippen LogP) is 0.870. The van der Waals surface area contributed by atoms with E-state index in [1.165, 1.54) is 0 Å². The van der Waals surface area contributed by atoms with E-state index in [0.717, 1.165) is 17.9 Å². The van der Waals surface area contributed by atoms with Crippen LogP contribution in [0.25, 0.3) is 0 Å². The minimum atomic E-state index is -0.507. The third kappa shape index (κ3) is 3.69. The number of hydrogen-bond donors (Lipinski definition) is 1. The van der Waals surface area contributed by atoms with E-state index in [9.17, 15) is 9.59 Å². The topological polar surface area (TPSA) is 61.9 Å². The van der Waals surface area contributed by atoms with Gasteiger partial charge in [-0.15, -0.1) is 0 Å². The van der Waals surface area contributed by atoms with Crippen LogP contribution in [0.2, 0.25) is 0 Å². The van der Waals surface area contributed by atoms with Gasteiger partial charge in [0.25, 0.3) is 0 Å². The van der Waals surface area contributed by atoms with Crippen molar-refractivity contribution in [2.45, 2.75) is 13.3 Å². The van der Waals surface area contributed by atoms with Gasteiger partial charge in [-0.2, -0.15) is 0 Å². The molecule has 1 aliphatic rings. The Morgan fingerprint density at radius 1 is 1.18 bits per heavy atom. The molecule has 0 spiro atoms. The lowest BCUT2D eigenvalue weighted by Gasteiger charge is -2.36. The number of carbonyl (C=O) groups is 2. The lowest BCUT2D eigenvalue weighted by Crippen LogP contribution is -2.52. The maximum atomic E-state index is 12.0. The van der Waals surface area contributed by atoms with Crippen molar-refractivity contribution < 1.29 is 14.3 Å². The highest BCUT2D eigenvalue weighted by molar-refractivity contribution is 6.35. The predicted molar refractivity (Wildman–Crippen MR) is 85.1 cm³/mol. The third-order valence-corrected chi connectivity index (χ3v) is 3.72. The fourth-order valence-electron chi connectivity index (χ4n) is 2.50. The second-order valence-electron chi connectivity index (χ2n) is 5.21. The second-order valence-corrected chi connectivity index (χ2v) is 5.21. The summed E-state index contributed by atoms with van der Waals surface area (Å²) in [4.78, 5) is 27.5. The maximum absolute atomic E-state index is 12.0. The molecule has 0 aromatic heterocycles. The Morgan fingerprint density at radius 2 is 1.86 bits per heavy atom. The number of ether oxygens (including phenoxy) is 1. The second kappa shape index (κ2) is 7.68. The smallest absolute Gasteiger partial charge is 0.312 e. The van der Waals surface area contributed by atoms with Crippen molar-refractivity contribution in [1.29, 1.82) is 0 Å². The van der Waals surface area contributed by atoms with Gasteiger partial charge < -0.3 is 19.9 Å². The Labute approximate surface area is 131 Å². The molecule has 0 bridgehead atoms. The van der Waals surface area contributed by atoms with Crippen LogP contribution < -0.4 is 15.0 Å². The average Bonchev–Trinajstić information content (AvgIpc) is 2.59. The summed E-state index contributed by atoms with van der Waals surface area (Å²) in [7, 11) is 1.65. The molecule has 2 rings (SSSR count). The molecule has 1 saturated heterocycles. The molecule has 0 aliphatic carbocycles. The van der Waals surface area contributed by atoms with Gasteiger partial charge in [-0.3, -0.25) is 9.59 Å². The van der Waals surface area contributed by atoms with Gasteiger partial charge >= 0.3 is 11.8 Å². The van der Waals surface area contributed by atoms with Crippen molar-refractivity contribution in [1.82, 2.24) is 10.2 Å². The molecule has 120 valence electrons. The first-order chi connectivity index (χ1) is 10.7.